The van der Waals surface area contributed by atoms with E-state index < -0.39 is 5.97 Å². The first kappa shape index (κ1) is 14.2. The fourth-order valence-corrected chi connectivity index (χ4v) is 3.29. The van der Waals surface area contributed by atoms with Crippen molar-refractivity contribution in [3.63, 3.8) is 0 Å². The fraction of sp³-hybridized carbons (Fsp3) is 0.500. The van der Waals surface area contributed by atoms with Crippen molar-refractivity contribution in [2.45, 2.75) is 32.2 Å². The molecule has 0 radical (unpaired) electrons. The van der Waals surface area contributed by atoms with Crippen molar-refractivity contribution < 1.29 is 9.90 Å². The van der Waals surface area contributed by atoms with Crippen LogP contribution in [0.3, 0.4) is 0 Å². The molecular weight excluding hydrogens is 288 g/mol. The Morgan fingerprint density at radius 1 is 1.43 bits per heavy atom. The van der Waals surface area contributed by atoms with Crippen LogP contribution in [-0.2, 0) is 0 Å². The lowest BCUT2D eigenvalue weighted by molar-refractivity contribution is 0.0701. The molecule has 21 heavy (non-hydrogen) atoms. The minimum atomic E-state index is -0.907. The van der Waals surface area contributed by atoms with Gasteiger partial charge in [-0.2, -0.15) is 0 Å². The second kappa shape index (κ2) is 5.95. The molecular formula is C14H18N4O2S. The van der Waals surface area contributed by atoms with Gasteiger partial charge >= 0.3 is 5.97 Å². The minimum absolute atomic E-state index is 0.337. The highest BCUT2D eigenvalue weighted by molar-refractivity contribution is 7.20. The minimum Gasteiger partial charge on any atom is -0.477 e. The summed E-state index contributed by atoms with van der Waals surface area (Å²) in [6.07, 6.45) is 5.09. The SMILES string of the molecule is Cc1c(C(=O)O)sc2ncnc(NCCCNC3CC3)c12. The predicted molar refractivity (Wildman–Crippen MR) is 83.2 cm³/mol. The molecule has 7 heteroatoms. The zero-order valence-electron chi connectivity index (χ0n) is 11.8. The number of hydrogen-bond donors (Lipinski definition) is 3. The first-order valence-electron chi connectivity index (χ1n) is 7.11. The molecule has 0 aromatic carbocycles. The topological polar surface area (TPSA) is 87.1 Å². The molecule has 0 atom stereocenters. The monoisotopic (exact) mass is 306 g/mol. The van der Waals surface area contributed by atoms with Crippen LogP contribution in [0.4, 0.5) is 5.82 Å². The van der Waals surface area contributed by atoms with Crippen LogP contribution in [0.2, 0.25) is 0 Å². The fourth-order valence-electron chi connectivity index (χ4n) is 2.30. The summed E-state index contributed by atoms with van der Waals surface area (Å²) in [5.41, 5.74) is 0.738. The van der Waals surface area contributed by atoms with Gasteiger partial charge in [-0.05, 0) is 38.3 Å². The third kappa shape index (κ3) is 3.14. The van der Waals surface area contributed by atoms with Gasteiger partial charge in [0.2, 0.25) is 0 Å². The lowest BCUT2D eigenvalue weighted by atomic mass is 10.2. The number of carbonyl (C=O) groups is 1. The largest absolute Gasteiger partial charge is 0.477 e. The summed E-state index contributed by atoms with van der Waals surface area (Å²) in [6.45, 7) is 3.61. The van der Waals surface area contributed by atoms with Crippen LogP contribution in [-0.4, -0.2) is 40.2 Å². The Balaban J connectivity index is 1.70. The van der Waals surface area contributed by atoms with E-state index in [0.717, 1.165) is 47.2 Å². The van der Waals surface area contributed by atoms with Crippen LogP contribution in [0.25, 0.3) is 10.2 Å². The average Bonchev–Trinajstić information content (AvgIpc) is 3.21. The first-order chi connectivity index (χ1) is 10.2. The molecule has 0 unspecified atom stereocenters. The Bertz CT molecular complexity index is 666. The van der Waals surface area contributed by atoms with E-state index in [1.165, 1.54) is 30.5 Å². The predicted octanol–water partition coefficient (Wildman–Crippen LogP) is 2.25. The summed E-state index contributed by atoms with van der Waals surface area (Å²) in [5, 5.41) is 16.8. The van der Waals surface area contributed by atoms with Gasteiger partial charge < -0.3 is 15.7 Å². The van der Waals surface area contributed by atoms with E-state index >= 15 is 0 Å². The number of rotatable bonds is 7. The lowest BCUT2D eigenvalue weighted by Crippen LogP contribution is -2.20. The molecule has 2 aromatic heterocycles. The summed E-state index contributed by atoms with van der Waals surface area (Å²) >= 11 is 1.20. The Morgan fingerprint density at radius 3 is 2.95 bits per heavy atom. The molecule has 0 aliphatic heterocycles. The molecule has 0 bridgehead atoms. The second-order valence-corrected chi connectivity index (χ2v) is 6.27. The van der Waals surface area contributed by atoms with Crippen molar-refractivity contribution in [1.29, 1.82) is 0 Å². The van der Waals surface area contributed by atoms with Crippen LogP contribution in [0.5, 0.6) is 0 Å². The Morgan fingerprint density at radius 2 is 2.24 bits per heavy atom. The number of aromatic nitrogens is 2. The molecule has 0 amide bonds. The van der Waals surface area contributed by atoms with Crippen molar-refractivity contribution >= 4 is 33.3 Å². The number of thiophene rings is 1. The molecule has 3 rings (SSSR count). The molecule has 0 spiro atoms. The molecule has 112 valence electrons. The van der Waals surface area contributed by atoms with Gasteiger partial charge in [0.15, 0.2) is 0 Å². The van der Waals surface area contributed by atoms with Crippen LogP contribution in [0, 0.1) is 6.92 Å². The quantitative estimate of drug-likeness (QED) is 0.680. The van der Waals surface area contributed by atoms with E-state index in [4.69, 9.17) is 0 Å². The number of hydrogen-bond acceptors (Lipinski definition) is 6. The number of nitrogens with one attached hydrogen (secondary N) is 2. The van der Waals surface area contributed by atoms with Crippen molar-refractivity contribution in [3.8, 4) is 0 Å². The van der Waals surface area contributed by atoms with E-state index in [0.29, 0.717) is 4.88 Å². The van der Waals surface area contributed by atoms with E-state index in [1.807, 2.05) is 6.92 Å². The third-order valence-corrected chi connectivity index (χ3v) is 4.77. The van der Waals surface area contributed by atoms with E-state index in [-0.39, 0.29) is 0 Å². The maximum atomic E-state index is 11.2. The number of aromatic carboxylic acids is 1. The average molecular weight is 306 g/mol. The molecule has 2 heterocycles. The van der Waals surface area contributed by atoms with Gasteiger partial charge in [-0.3, -0.25) is 0 Å². The smallest absolute Gasteiger partial charge is 0.346 e. The lowest BCUT2D eigenvalue weighted by Gasteiger charge is -2.07. The summed E-state index contributed by atoms with van der Waals surface area (Å²) in [5.74, 6) is -0.178. The number of carboxylic acid groups (broad SMARTS) is 1. The summed E-state index contributed by atoms with van der Waals surface area (Å²) in [4.78, 5) is 20.7. The molecule has 1 aliphatic rings. The molecule has 3 N–H and O–H groups in total. The zero-order chi connectivity index (χ0) is 14.8. The number of fused-ring (bicyclic) bond motifs is 1. The van der Waals surface area contributed by atoms with Gasteiger partial charge in [-0.15, -0.1) is 11.3 Å². The van der Waals surface area contributed by atoms with Crippen molar-refractivity contribution in [1.82, 2.24) is 15.3 Å². The van der Waals surface area contributed by atoms with Gasteiger partial charge in [0, 0.05) is 12.6 Å². The second-order valence-electron chi connectivity index (χ2n) is 5.27. The number of aryl methyl sites for hydroxylation is 1. The van der Waals surface area contributed by atoms with Gasteiger partial charge in [-0.25, -0.2) is 14.8 Å². The number of nitrogens with zero attached hydrogens (tertiary/aromatic N) is 2. The van der Waals surface area contributed by atoms with Crippen LogP contribution in [0.15, 0.2) is 6.33 Å². The van der Waals surface area contributed by atoms with Gasteiger partial charge in [0.1, 0.15) is 21.9 Å². The summed E-state index contributed by atoms with van der Waals surface area (Å²) in [7, 11) is 0. The van der Waals surface area contributed by atoms with Crippen LogP contribution in [0.1, 0.15) is 34.5 Å². The van der Waals surface area contributed by atoms with E-state index in [9.17, 15) is 9.90 Å². The van der Waals surface area contributed by atoms with Crippen LogP contribution < -0.4 is 10.6 Å². The molecule has 1 aliphatic carbocycles. The number of anilines is 1. The summed E-state index contributed by atoms with van der Waals surface area (Å²) < 4.78 is 0. The van der Waals surface area contributed by atoms with E-state index in [2.05, 4.69) is 20.6 Å². The van der Waals surface area contributed by atoms with Crippen molar-refractivity contribution in [2.75, 3.05) is 18.4 Å². The Kier molecular flexibility index (Phi) is 4.03. The summed E-state index contributed by atoms with van der Waals surface area (Å²) in [6, 6.07) is 0.730. The maximum absolute atomic E-state index is 11.2. The highest BCUT2D eigenvalue weighted by Crippen LogP contribution is 2.33. The first-order valence-corrected chi connectivity index (χ1v) is 7.93. The molecule has 1 fully saturated rings. The van der Waals surface area contributed by atoms with E-state index in [1.54, 1.807) is 0 Å². The van der Waals surface area contributed by atoms with Gasteiger partial charge in [0.25, 0.3) is 0 Å². The molecule has 2 aromatic rings. The normalized spacial score (nSPS) is 14.5. The third-order valence-electron chi connectivity index (χ3n) is 3.58. The Hall–Kier alpha value is -1.73. The Labute approximate surface area is 126 Å². The van der Waals surface area contributed by atoms with Crippen LogP contribution >= 0.6 is 11.3 Å². The number of carboxylic acids is 1. The van der Waals surface area contributed by atoms with Crippen molar-refractivity contribution in [2.24, 2.45) is 0 Å². The highest BCUT2D eigenvalue weighted by Gasteiger charge is 2.20. The van der Waals surface area contributed by atoms with Crippen molar-refractivity contribution in [3.05, 3.63) is 16.8 Å². The molecule has 0 saturated heterocycles. The molecule has 1 saturated carbocycles. The highest BCUT2D eigenvalue weighted by atomic mass is 32.1. The standard InChI is InChI=1S/C14H18N4O2S/c1-8-10-12(16-6-2-5-15-9-3-4-9)17-7-18-13(10)21-11(8)14(19)20/h7,9,15H,2-6H2,1H3,(H,19,20)(H,16,17,18). The maximum Gasteiger partial charge on any atom is 0.346 e. The molecule has 6 nitrogen and oxygen atoms in total. The van der Waals surface area contributed by atoms with Gasteiger partial charge in [-0.1, -0.05) is 0 Å². The zero-order valence-corrected chi connectivity index (χ0v) is 12.7. The van der Waals surface area contributed by atoms with Gasteiger partial charge in [0.05, 0.1) is 5.39 Å².